The molecule has 0 fully saturated rings. The molecule has 1 rings (SSSR count). The molecule has 0 aliphatic heterocycles. The highest BCUT2D eigenvalue weighted by atomic mass is 19.4. The molecule has 0 aliphatic carbocycles. The normalized spacial score (nSPS) is 12.9. The number of carbonyl (C=O) groups is 1. The van der Waals surface area contributed by atoms with Gasteiger partial charge in [0.15, 0.2) is 6.61 Å². The maximum absolute atomic E-state index is 12.5. The van der Waals surface area contributed by atoms with Crippen LogP contribution in [0.25, 0.3) is 5.57 Å². The van der Waals surface area contributed by atoms with Crippen LogP contribution in [-0.2, 0) is 4.79 Å². The molecule has 0 unspecified atom stereocenters. The molecule has 1 aromatic rings. The lowest BCUT2D eigenvalue weighted by atomic mass is 9.97. The van der Waals surface area contributed by atoms with Gasteiger partial charge in [0.25, 0.3) is 0 Å². The van der Waals surface area contributed by atoms with Crippen LogP contribution >= 0.6 is 0 Å². The van der Waals surface area contributed by atoms with Gasteiger partial charge in [-0.25, -0.2) is 0 Å². The first-order valence-corrected chi connectivity index (χ1v) is 7.43. The fraction of sp³-hybridized carbons (Fsp3) is 0.529. The summed E-state index contributed by atoms with van der Waals surface area (Å²) >= 11 is 0. The minimum Gasteiger partial charge on any atom is -0.482 e. The third-order valence-corrected chi connectivity index (χ3v) is 3.28. The number of nitrogens with zero attached hydrogens (tertiary/aromatic N) is 1. The summed E-state index contributed by atoms with van der Waals surface area (Å²) in [7, 11) is 0. The SMILES string of the molecule is CC(=CC=O)c1cc(C(C)C)nc(C(C)C)c1OCC(F)(F)F. The average molecular weight is 329 g/mol. The van der Waals surface area contributed by atoms with Gasteiger partial charge in [0.1, 0.15) is 12.0 Å². The molecule has 0 spiro atoms. The minimum absolute atomic E-state index is 0.0947. The molecule has 23 heavy (non-hydrogen) atoms. The van der Waals surface area contributed by atoms with E-state index in [0.717, 1.165) is 5.69 Å². The molecule has 1 heterocycles. The number of aromatic nitrogens is 1. The van der Waals surface area contributed by atoms with Crippen molar-refractivity contribution in [2.75, 3.05) is 6.61 Å². The van der Waals surface area contributed by atoms with Gasteiger partial charge >= 0.3 is 6.18 Å². The third kappa shape index (κ3) is 5.37. The van der Waals surface area contributed by atoms with Crippen LogP contribution in [0.4, 0.5) is 13.2 Å². The standard InChI is InChI=1S/C17H22F3NO2/c1-10(2)14-8-13(12(5)6-7-22)16(15(21-14)11(3)4)23-9-17(18,19)20/h6-8,10-11H,9H2,1-5H3. The Morgan fingerprint density at radius 1 is 1.26 bits per heavy atom. The minimum atomic E-state index is -4.44. The van der Waals surface area contributed by atoms with Gasteiger partial charge in [-0.2, -0.15) is 13.2 Å². The molecule has 0 N–H and O–H groups in total. The lowest BCUT2D eigenvalue weighted by Gasteiger charge is -2.21. The first kappa shape index (κ1) is 19.2. The molecule has 128 valence electrons. The summed E-state index contributed by atoms with van der Waals surface area (Å²) in [5.74, 6) is 0.0870. The molecule has 0 aliphatic rings. The highest BCUT2D eigenvalue weighted by Gasteiger charge is 2.30. The summed E-state index contributed by atoms with van der Waals surface area (Å²) in [6.07, 6.45) is -2.53. The Kier molecular flexibility index (Phi) is 6.36. The van der Waals surface area contributed by atoms with Gasteiger partial charge in [-0.05, 0) is 36.5 Å². The molecule has 0 bridgehead atoms. The second-order valence-corrected chi connectivity index (χ2v) is 6.01. The van der Waals surface area contributed by atoms with Gasteiger partial charge < -0.3 is 4.74 Å². The fourth-order valence-corrected chi connectivity index (χ4v) is 2.05. The molecule has 0 saturated carbocycles. The van der Waals surface area contributed by atoms with Crippen LogP contribution in [0.1, 0.15) is 63.4 Å². The summed E-state index contributed by atoms with van der Waals surface area (Å²) in [6, 6.07) is 1.69. The summed E-state index contributed by atoms with van der Waals surface area (Å²) in [5.41, 5.74) is 2.24. The van der Waals surface area contributed by atoms with Crippen molar-refractivity contribution >= 4 is 11.9 Å². The van der Waals surface area contributed by atoms with Crippen LogP contribution < -0.4 is 4.74 Å². The van der Waals surface area contributed by atoms with E-state index in [0.29, 0.717) is 23.1 Å². The summed E-state index contributed by atoms with van der Waals surface area (Å²) < 4.78 is 42.7. The molecular weight excluding hydrogens is 307 g/mol. The molecule has 1 aromatic heterocycles. The fourth-order valence-electron chi connectivity index (χ4n) is 2.05. The number of alkyl halides is 3. The number of halogens is 3. The first-order valence-electron chi connectivity index (χ1n) is 7.43. The van der Waals surface area contributed by atoms with E-state index in [1.807, 2.05) is 27.7 Å². The van der Waals surface area contributed by atoms with Crippen LogP contribution in [-0.4, -0.2) is 24.1 Å². The maximum atomic E-state index is 12.5. The smallest absolute Gasteiger partial charge is 0.422 e. The molecule has 0 amide bonds. The average Bonchev–Trinajstić information content (AvgIpc) is 2.43. The van der Waals surface area contributed by atoms with Crippen molar-refractivity contribution in [2.45, 2.75) is 52.6 Å². The van der Waals surface area contributed by atoms with Crippen molar-refractivity contribution in [2.24, 2.45) is 0 Å². The second kappa shape index (κ2) is 7.62. The zero-order chi connectivity index (χ0) is 17.8. The van der Waals surface area contributed by atoms with Gasteiger partial charge in [-0.3, -0.25) is 9.78 Å². The van der Waals surface area contributed by atoms with Crippen molar-refractivity contribution in [1.29, 1.82) is 0 Å². The largest absolute Gasteiger partial charge is 0.482 e. The Morgan fingerprint density at radius 2 is 1.87 bits per heavy atom. The Hall–Kier alpha value is -1.85. The number of hydrogen-bond acceptors (Lipinski definition) is 3. The van der Waals surface area contributed by atoms with E-state index in [1.54, 1.807) is 13.0 Å². The van der Waals surface area contributed by atoms with Crippen molar-refractivity contribution in [1.82, 2.24) is 4.98 Å². The van der Waals surface area contributed by atoms with Crippen LogP contribution in [0.15, 0.2) is 12.1 Å². The number of allylic oxidation sites excluding steroid dienone is 2. The van der Waals surface area contributed by atoms with Crippen LogP contribution in [0, 0.1) is 0 Å². The number of rotatable bonds is 6. The van der Waals surface area contributed by atoms with E-state index >= 15 is 0 Å². The van der Waals surface area contributed by atoms with Gasteiger partial charge in [0.05, 0.1) is 5.69 Å². The Bertz CT molecular complexity index is 590. The number of hydrogen-bond donors (Lipinski definition) is 0. The highest BCUT2D eigenvalue weighted by Crippen LogP contribution is 2.36. The molecule has 6 heteroatoms. The van der Waals surface area contributed by atoms with E-state index in [1.165, 1.54) is 6.08 Å². The van der Waals surface area contributed by atoms with Gasteiger partial charge in [-0.15, -0.1) is 0 Å². The molecule has 3 nitrogen and oxygen atoms in total. The molecule has 0 aromatic carbocycles. The van der Waals surface area contributed by atoms with E-state index < -0.39 is 12.8 Å². The lowest BCUT2D eigenvalue weighted by molar-refractivity contribution is -0.153. The Balaban J connectivity index is 3.52. The van der Waals surface area contributed by atoms with Crippen LogP contribution in [0.5, 0.6) is 5.75 Å². The highest BCUT2D eigenvalue weighted by molar-refractivity contribution is 5.83. The van der Waals surface area contributed by atoms with Crippen molar-refractivity contribution in [3.63, 3.8) is 0 Å². The zero-order valence-electron chi connectivity index (χ0n) is 14.0. The van der Waals surface area contributed by atoms with E-state index in [-0.39, 0.29) is 17.6 Å². The number of ether oxygens (including phenoxy) is 1. The van der Waals surface area contributed by atoms with E-state index in [9.17, 15) is 18.0 Å². The molecule has 0 saturated heterocycles. The van der Waals surface area contributed by atoms with E-state index in [4.69, 9.17) is 4.74 Å². The summed E-state index contributed by atoms with van der Waals surface area (Å²) in [6.45, 7) is 7.86. The quantitative estimate of drug-likeness (QED) is 0.552. The second-order valence-electron chi connectivity index (χ2n) is 6.01. The monoisotopic (exact) mass is 329 g/mol. The Labute approximate surface area is 134 Å². The predicted molar refractivity (Wildman–Crippen MR) is 83.7 cm³/mol. The van der Waals surface area contributed by atoms with Crippen LogP contribution in [0.3, 0.4) is 0 Å². The number of aldehydes is 1. The van der Waals surface area contributed by atoms with Gasteiger partial charge in [0.2, 0.25) is 0 Å². The number of carbonyl (C=O) groups excluding carboxylic acids is 1. The molecular formula is C17H22F3NO2. The molecule has 0 radical (unpaired) electrons. The predicted octanol–water partition coefficient (Wildman–Crippen LogP) is 4.87. The zero-order valence-corrected chi connectivity index (χ0v) is 14.0. The maximum Gasteiger partial charge on any atom is 0.422 e. The van der Waals surface area contributed by atoms with Gasteiger partial charge in [0, 0.05) is 11.3 Å². The molecule has 0 atom stereocenters. The van der Waals surface area contributed by atoms with Crippen molar-refractivity contribution in [3.8, 4) is 5.75 Å². The third-order valence-electron chi connectivity index (χ3n) is 3.28. The number of pyridine rings is 1. The first-order chi connectivity index (χ1) is 10.6. The van der Waals surface area contributed by atoms with Crippen molar-refractivity contribution < 1.29 is 22.7 Å². The van der Waals surface area contributed by atoms with Gasteiger partial charge in [-0.1, -0.05) is 27.7 Å². The van der Waals surface area contributed by atoms with Crippen molar-refractivity contribution in [3.05, 3.63) is 29.1 Å². The lowest BCUT2D eigenvalue weighted by Crippen LogP contribution is -2.21. The van der Waals surface area contributed by atoms with E-state index in [2.05, 4.69) is 4.98 Å². The Morgan fingerprint density at radius 3 is 2.30 bits per heavy atom. The summed E-state index contributed by atoms with van der Waals surface area (Å²) in [4.78, 5) is 15.2. The summed E-state index contributed by atoms with van der Waals surface area (Å²) in [5, 5.41) is 0. The van der Waals surface area contributed by atoms with Crippen LogP contribution in [0.2, 0.25) is 0 Å². The topological polar surface area (TPSA) is 39.2 Å².